The van der Waals surface area contributed by atoms with Crippen LogP contribution in [0.3, 0.4) is 0 Å². The Hall–Kier alpha value is -3.31. The predicted octanol–water partition coefficient (Wildman–Crippen LogP) is 2.86. The molecule has 1 heterocycles. The van der Waals surface area contributed by atoms with Gasteiger partial charge in [-0.1, -0.05) is 66.7 Å². The van der Waals surface area contributed by atoms with E-state index in [0.717, 1.165) is 5.56 Å². The fraction of sp³-hybridized carbons (Fsp3) is 0.0952. The van der Waals surface area contributed by atoms with Crippen LogP contribution in [-0.4, -0.2) is 21.7 Å². The molecule has 5 nitrogen and oxygen atoms in total. The molecule has 0 saturated carbocycles. The van der Waals surface area contributed by atoms with Gasteiger partial charge in [-0.3, -0.25) is 9.78 Å². The molecule has 0 unspecified atom stereocenters. The lowest BCUT2D eigenvalue weighted by Gasteiger charge is -2.27. The molecule has 1 amide bonds. The largest absolute Gasteiger partial charge is 0.372 e. The third kappa shape index (κ3) is 3.53. The highest BCUT2D eigenvalue weighted by Crippen LogP contribution is 2.29. The number of aromatic nitrogens is 1. The van der Waals surface area contributed by atoms with E-state index in [4.69, 9.17) is 0 Å². The average molecular weight is 345 g/mol. The number of carbonyl (C=O) groups is 1. The predicted molar refractivity (Wildman–Crippen MR) is 100 cm³/mol. The molecule has 0 aliphatic carbocycles. The van der Waals surface area contributed by atoms with Gasteiger partial charge >= 0.3 is 0 Å². The zero-order valence-electron chi connectivity index (χ0n) is 14.3. The van der Waals surface area contributed by atoms with Crippen molar-refractivity contribution in [3.8, 4) is 0 Å². The summed E-state index contributed by atoms with van der Waals surface area (Å²) in [6, 6.07) is 21.3. The number of hydrogen-bond donors (Lipinski definition) is 2. The number of pyridine rings is 1. The van der Waals surface area contributed by atoms with Crippen molar-refractivity contribution >= 4 is 11.6 Å². The van der Waals surface area contributed by atoms with Crippen LogP contribution in [0.2, 0.25) is 0 Å². The first-order valence-corrected chi connectivity index (χ1v) is 8.21. The Morgan fingerprint density at radius 3 is 2.04 bits per heavy atom. The number of rotatable bonds is 5. The number of hydrazone groups is 1. The molecular weight excluding hydrogens is 326 g/mol. The van der Waals surface area contributed by atoms with Gasteiger partial charge in [0.25, 0.3) is 5.91 Å². The number of carbonyl (C=O) groups excluding carboxylic acids is 1. The second-order valence-corrected chi connectivity index (χ2v) is 5.82. The van der Waals surface area contributed by atoms with Crippen LogP contribution in [-0.2, 0) is 10.4 Å². The molecule has 0 aliphatic heterocycles. The maximum Gasteiger partial charge on any atom is 0.281 e. The first-order valence-electron chi connectivity index (χ1n) is 8.21. The van der Waals surface area contributed by atoms with Gasteiger partial charge in [-0.25, -0.2) is 5.43 Å². The lowest BCUT2D eigenvalue weighted by atomic mass is 9.85. The highest BCUT2D eigenvalue weighted by Gasteiger charge is 2.39. The van der Waals surface area contributed by atoms with E-state index in [-0.39, 0.29) is 0 Å². The summed E-state index contributed by atoms with van der Waals surface area (Å²) in [7, 11) is 0. The number of benzene rings is 2. The van der Waals surface area contributed by atoms with E-state index < -0.39 is 11.5 Å². The quantitative estimate of drug-likeness (QED) is 0.551. The van der Waals surface area contributed by atoms with E-state index in [1.165, 1.54) is 0 Å². The van der Waals surface area contributed by atoms with Crippen LogP contribution < -0.4 is 5.43 Å². The van der Waals surface area contributed by atoms with Gasteiger partial charge in [0.15, 0.2) is 5.60 Å². The molecule has 0 saturated heterocycles. The minimum atomic E-state index is -1.85. The van der Waals surface area contributed by atoms with E-state index in [1.807, 2.05) is 18.2 Å². The van der Waals surface area contributed by atoms with Gasteiger partial charge in [-0.15, -0.1) is 0 Å². The molecule has 0 fully saturated rings. The Labute approximate surface area is 152 Å². The molecule has 5 heteroatoms. The fourth-order valence-corrected chi connectivity index (χ4v) is 2.64. The Morgan fingerprint density at radius 1 is 0.962 bits per heavy atom. The number of nitrogens with zero attached hydrogens (tertiary/aromatic N) is 2. The Kier molecular flexibility index (Phi) is 5.20. The van der Waals surface area contributed by atoms with Crippen molar-refractivity contribution in [2.75, 3.05) is 0 Å². The van der Waals surface area contributed by atoms with Crippen molar-refractivity contribution < 1.29 is 9.90 Å². The van der Waals surface area contributed by atoms with Crippen LogP contribution in [0, 0.1) is 0 Å². The van der Waals surface area contributed by atoms with Gasteiger partial charge in [0.1, 0.15) is 0 Å². The molecule has 0 radical (unpaired) electrons. The van der Waals surface area contributed by atoms with E-state index in [9.17, 15) is 9.90 Å². The molecule has 1 aromatic heterocycles. The first-order chi connectivity index (χ1) is 12.6. The van der Waals surface area contributed by atoms with Gasteiger partial charge < -0.3 is 5.11 Å². The highest BCUT2D eigenvalue weighted by atomic mass is 16.3. The van der Waals surface area contributed by atoms with Crippen LogP contribution >= 0.6 is 0 Å². The summed E-state index contributed by atoms with van der Waals surface area (Å²) in [5.74, 6) is -0.627. The van der Waals surface area contributed by atoms with Crippen molar-refractivity contribution in [3.63, 3.8) is 0 Å². The van der Waals surface area contributed by atoms with E-state index in [0.29, 0.717) is 16.8 Å². The average Bonchev–Trinajstić information content (AvgIpc) is 2.73. The van der Waals surface area contributed by atoms with E-state index in [2.05, 4.69) is 15.5 Å². The highest BCUT2D eigenvalue weighted by molar-refractivity contribution is 5.99. The number of hydrogen-bond acceptors (Lipinski definition) is 4. The molecule has 3 rings (SSSR count). The topological polar surface area (TPSA) is 74.6 Å². The van der Waals surface area contributed by atoms with Gasteiger partial charge in [-0.05, 0) is 24.1 Å². The number of amides is 1. The van der Waals surface area contributed by atoms with Gasteiger partial charge in [0, 0.05) is 18.0 Å². The van der Waals surface area contributed by atoms with Crippen molar-refractivity contribution in [2.45, 2.75) is 12.5 Å². The summed E-state index contributed by atoms with van der Waals surface area (Å²) >= 11 is 0. The smallest absolute Gasteiger partial charge is 0.281 e. The van der Waals surface area contributed by atoms with Gasteiger partial charge in [0.2, 0.25) is 0 Å². The SMILES string of the molecule is C/C(=N\NC(=O)C(O)(c1ccccc1)c1ccccc1)c1cccnc1. The van der Waals surface area contributed by atoms with Gasteiger partial charge in [0.05, 0.1) is 5.71 Å². The second kappa shape index (κ2) is 7.72. The Bertz CT molecular complexity index is 855. The summed E-state index contributed by atoms with van der Waals surface area (Å²) in [5.41, 5.74) is 2.96. The molecule has 2 N–H and O–H groups in total. The van der Waals surface area contributed by atoms with Crippen LogP contribution in [0.25, 0.3) is 0 Å². The van der Waals surface area contributed by atoms with E-state index in [1.54, 1.807) is 73.9 Å². The fourth-order valence-electron chi connectivity index (χ4n) is 2.64. The van der Waals surface area contributed by atoms with Crippen molar-refractivity contribution in [2.24, 2.45) is 5.10 Å². The number of nitrogens with one attached hydrogen (secondary N) is 1. The molecule has 0 bridgehead atoms. The minimum Gasteiger partial charge on any atom is -0.372 e. The monoisotopic (exact) mass is 345 g/mol. The lowest BCUT2D eigenvalue weighted by molar-refractivity contribution is -0.136. The maximum atomic E-state index is 12.9. The molecule has 0 atom stereocenters. The third-order valence-corrected chi connectivity index (χ3v) is 4.12. The molecule has 26 heavy (non-hydrogen) atoms. The van der Waals surface area contributed by atoms with E-state index >= 15 is 0 Å². The second-order valence-electron chi connectivity index (χ2n) is 5.82. The molecule has 0 aliphatic rings. The third-order valence-electron chi connectivity index (χ3n) is 4.12. The Balaban J connectivity index is 1.94. The minimum absolute atomic E-state index is 0.470. The summed E-state index contributed by atoms with van der Waals surface area (Å²) in [6.45, 7) is 1.77. The molecule has 130 valence electrons. The van der Waals surface area contributed by atoms with Crippen LogP contribution in [0.5, 0.6) is 0 Å². The normalized spacial score (nSPS) is 11.8. The zero-order valence-corrected chi connectivity index (χ0v) is 14.3. The standard InChI is InChI=1S/C21H19N3O2/c1-16(17-9-8-14-22-15-17)23-24-20(25)21(26,18-10-4-2-5-11-18)19-12-6-3-7-13-19/h2-15,26H,1H3,(H,24,25)/b23-16+. The van der Waals surface area contributed by atoms with Crippen LogP contribution in [0.4, 0.5) is 0 Å². The van der Waals surface area contributed by atoms with Crippen LogP contribution in [0.15, 0.2) is 90.3 Å². The van der Waals surface area contributed by atoms with Gasteiger partial charge in [-0.2, -0.15) is 5.10 Å². The van der Waals surface area contributed by atoms with Crippen LogP contribution in [0.1, 0.15) is 23.6 Å². The lowest BCUT2D eigenvalue weighted by Crippen LogP contribution is -2.43. The van der Waals surface area contributed by atoms with Crippen molar-refractivity contribution in [3.05, 3.63) is 102 Å². The Morgan fingerprint density at radius 2 is 1.54 bits per heavy atom. The zero-order chi connectivity index (χ0) is 18.4. The molecule has 3 aromatic rings. The first kappa shape index (κ1) is 17.5. The summed E-state index contributed by atoms with van der Waals surface area (Å²) in [6.07, 6.45) is 3.32. The number of aliphatic hydroxyl groups is 1. The maximum absolute atomic E-state index is 12.9. The molecule has 2 aromatic carbocycles. The summed E-state index contributed by atoms with van der Waals surface area (Å²) in [5, 5.41) is 15.4. The summed E-state index contributed by atoms with van der Waals surface area (Å²) in [4.78, 5) is 17.0. The molecule has 0 spiro atoms. The molecular formula is C21H19N3O2. The van der Waals surface area contributed by atoms with Crippen molar-refractivity contribution in [1.82, 2.24) is 10.4 Å². The summed E-state index contributed by atoms with van der Waals surface area (Å²) < 4.78 is 0. The van der Waals surface area contributed by atoms with Crippen molar-refractivity contribution in [1.29, 1.82) is 0 Å².